The highest BCUT2D eigenvalue weighted by Crippen LogP contribution is 2.21. The fraction of sp³-hybridized carbons (Fsp3) is 0.667. The molecule has 0 fully saturated rings. The van der Waals surface area contributed by atoms with Crippen molar-refractivity contribution in [3.05, 3.63) is 21.2 Å². The number of nitrogens with zero attached hydrogens (tertiary/aromatic N) is 2. The number of halogens is 1. The zero-order valence-corrected chi connectivity index (χ0v) is 12.2. The number of aromatic amines is 1. The van der Waals surface area contributed by atoms with Crippen LogP contribution in [-0.2, 0) is 0 Å². The van der Waals surface area contributed by atoms with E-state index in [4.69, 9.17) is 0 Å². The number of H-pyrrole nitrogens is 1. The molecule has 0 saturated carbocycles. The molecule has 0 amide bonds. The number of rotatable bonds is 6. The van der Waals surface area contributed by atoms with Crippen LogP contribution in [0, 0.1) is 5.92 Å². The molecule has 17 heavy (non-hydrogen) atoms. The lowest BCUT2D eigenvalue weighted by molar-refractivity contribution is 0.484. The summed E-state index contributed by atoms with van der Waals surface area (Å²) < 4.78 is 0.521. The first-order valence-corrected chi connectivity index (χ1v) is 6.91. The molecule has 0 radical (unpaired) electrons. The maximum absolute atomic E-state index is 11.5. The Balaban J connectivity index is 2.93. The third-order valence-corrected chi connectivity index (χ3v) is 3.81. The summed E-state index contributed by atoms with van der Waals surface area (Å²) in [5.74, 6) is 1.38. The quantitative estimate of drug-likeness (QED) is 0.879. The molecule has 0 spiro atoms. The molecule has 0 aliphatic carbocycles. The van der Waals surface area contributed by atoms with Gasteiger partial charge in [0.1, 0.15) is 10.3 Å². The van der Waals surface area contributed by atoms with E-state index in [1.54, 1.807) is 0 Å². The fourth-order valence-electron chi connectivity index (χ4n) is 1.82. The molecule has 1 aromatic heterocycles. The molecule has 96 valence electrons. The number of anilines is 1. The van der Waals surface area contributed by atoms with Gasteiger partial charge in [-0.3, -0.25) is 4.79 Å². The minimum absolute atomic E-state index is 0.127. The minimum atomic E-state index is -0.127. The second-order valence-electron chi connectivity index (χ2n) is 4.09. The van der Waals surface area contributed by atoms with Gasteiger partial charge in [0.05, 0.1) is 6.33 Å². The summed E-state index contributed by atoms with van der Waals surface area (Å²) in [6.45, 7) is 8.27. The van der Waals surface area contributed by atoms with Crippen LogP contribution < -0.4 is 10.5 Å². The first kappa shape index (κ1) is 14.2. The van der Waals surface area contributed by atoms with E-state index < -0.39 is 0 Å². The molecule has 1 heterocycles. The van der Waals surface area contributed by atoms with Gasteiger partial charge >= 0.3 is 0 Å². The first-order valence-electron chi connectivity index (χ1n) is 6.12. The van der Waals surface area contributed by atoms with Crippen LogP contribution in [0.4, 0.5) is 5.82 Å². The van der Waals surface area contributed by atoms with E-state index >= 15 is 0 Å². The normalized spacial score (nSPS) is 10.9. The highest BCUT2D eigenvalue weighted by molar-refractivity contribution is 9.10. The van der Waals surface area contributed by atoms with Gasteiger partial charge in [-0.25, -0.2) is 4.98 Å². The molecule has 1 N–H and O–H groups in total. The van der Waals surface area contributed by atoms with Crippen molar-refractivity contribution in [2.24, 2.45) is 5.92 Å². The van der Waals surface area contributed by atoms with E-state index in [0.29, 0.717) is 10.4 Å². The summed E-state index contributed by atoms with van der Waals surface area (Å²) >= 11 is 3.31. The average molecular weight is 302 g/mol. The fourth-order valence-corrected chi connectivity index (χ4v) is 2.29. The van der Waals surface area contributed by atoms with E-state index in [0.717, 1.165) is 31.7 Å². The topological polar surface area (TPSA) is 49.0 Å². The lowest BCUT2D eigenvalue weighted by Crippen LogP contribution is -2.31. The molecule has 0 aliphatic heterocycles. The second-order valence-corrected chi connectivity index (χ2v) is 4.88. The van der Waals surface area contributed by atoms with Crippen LogP contribution >= 0.6 is 15.9 Å². The Morgan fingerprint density at radius 3 is 2.59 bits per heavy atom. The summed E-state index contributed by atoms with van der Waals surface area (Å²) in [4.78, 5) is 20.5. The van der Waals surface area contributed by atoms with E-state index in [2.05, 4.69) is 51.6 Å². The van der Waals surface area contributed by atoms with Crippen molar-refractivity contribution in [3.63, 3.8) is 0 Å². The number of nitrogens with one attached hydrogen (secondary N) is 1. The van der Waals surface area contributed by atoms with Gasteiger partial charge in [-0.15, -0.1) is 0 Å². The van der Waals surface area contributed by atoms with Crippen LogP contribution in [0.25, 0.3) is 0 Å². The molecule has 4 nitrogen and oxygen atoms in total. The van der Waals surface area contributed by atoms with Crippen LogP contribution in [0.2, 0.25) is 0 Å². The zero-order chi connectivity index (χ0) is 12.8. The van der Waals surface area contributed by atoms with Crippen molar-refractivity contribution >= 4 is 21.7 Å². The maximum atomic E-state index is 11.5. The van der Waals surface area contributed by atoms with Gasteiger partial charge in [-0.05, 0) is 28.8 Å². The summed E-state index contributed by atoms with van der Waals surface area (Å²) in [6.07, 6.45) is 3.75. The Labute approximate surface area is 111 Å². The first-order chi connectivity index (χ1) is 8.13. The van der Waals surface area contributed by atoms with Gasteiger partial charge < -0.3 is 9.88 Å². The highest BCUT2D eigenvalue weighted by atomic mass is 79.9. The van der Waals surface area contributed by atoms with Gasteiger partial charge in [-0.1, -0.05) is 26.7 Å². The molecular formula is C12H20BrN3O. The summed E-state index contributed by atoms with van der Waals surface area (Å²) in [6, 6.07) is 0. The SMILES string of the molecule is CCC(CC)CN(CC)c1nc[nH]c(=O)c1Br. The number of aromatic nitrogens is 2. The van der Waals surface area contributed by atoms with Gasteiger partial charge in [0.15, 0.2) is 0 Å². The number of hydrogen-bond donors (Lipinski definition) is 1. The predicted octanol–water partition coefficient (Wildman–Crippen LogP) is 2.79. The third-order valence-electron chi connectivity index (χ3n) is 3.09. The minimum Gasteiger partial charge on any atom is -0.355 e. The molecule has 0 saturated heterocycles. The summed E-state index contributed by atoms with van der Waals surface area (Å²) in [7, 11) is 0. The molecule has 0 bridgehead atoms. The van der Waals surface area contributed by atoms with E-state index in [9.17, 15) is 4.79 Å². The van der Waals surface area contributed by atoms with Crippen molar-refractivity contribution in [1.82, 2.24) is 9.97 Å². The van der Waals surface area contributed by atoms with Crippen molar-refractivity contribution in [2.75, 3.05) is 18.0 Å². The van der Waals surface area contributed by atoms with Crippen LogP contribution in [0.1, 0.15) is 33.6 Å². The number of hydrogen-bond acceptors (Lipinski definition) is 3. The smallest absolute Gasteiger partial charge is 0.267 e. The largest absolute Gasteiger partial charge is 0.355 e. The lowest BCUT2D eigenvalue weighted by atomic mass is 10.0. The van der Waals surface area contributed by atoms with E-state index in [1.165, 1.54) is 6.33 Å². The zero-order valence-electron chi connectivity index (χ0n) is 10.7. The molecule has 5 heteroatoms. The summed E-state index contributed by atoms with van der Waals surface area (Å²) in [5, 5.41) is 0. The molecule has 1 rings (SSSR count). The molecule has 0 aromatic carbocycles. The molecule has 1 aromatic rings. The summed E-state index contributed by atoms with van der Waals surface area (Å²) in [5.41, 5.74) is -0.127. The van der Waals surface area contributed by atoms with Crippen LogP contribution in [0.5, 0.6) is 0 Å². The van der Waals surface area contributed by atoms with E-state index in [1.807, 2.05) is 0 Å². The molecular weight excluding hydrogens is 282 g/mol. The average Bonchev–Trinajstić information content (AvgIpc) is 2.35. The third kappa shape index (κ3) is 3.56. The van der Waals surface area contributed by atoms with Crippen molar-refractivity contribution < 1.29 is 0 Å². The van der Waals surface area contributed by atoms with Gasteiger partial charge in [0.25, 0.3) is 5.56 Å². The lowest BCUT2D eigenvalue weighted by Gasteiger charge is -2.26. The maximum Gasteiger partial charge on any atom is 0.267 e. The highest BCUT2D eigenvalue weighted by Gasteiger charge is 2.15. The molecule has 0 aliphatic rings. The van der Waals surface area contributed by atoms with Crippen molar-refractivity contribution in [3.8, 4) is 0 Å². The predicted molar refractivity (Wildman–Crippen MR) is 74.5 cm³/mol. The van der Waals surface area contributed by atoms with Crippen LogP contribution in [0.3, 0.4) is 0 Å². The van der Waals surface area contributed by atoms with Gasteiger partial charge in [-0.2, -0.15) is 0 Å². The second kappa shape index (κ2) is 6.79. The van der Waals surface area contributed by atoms with Crippen LogP contribution in [0.15, 0.2) is 15.6 Å². The Bertz CT molecular complexity index is 401. The van der Waals surface area contributed by atoms with Crippen molar-refractivity contribution in [1.29, 1.82) is 0 Å². The van der Waals surface area contributed by atoms with Gasteiger partial charge in [0.2, 0.25) is 0 Å². The Morgan fingerprint density at radius 1 is 1.41 bits per heavy atom. The Hall–Kier alpha value is -0.840. The molecule has 0 unspecified atom stereocenters. The van der Waals surface area contributed by atoms with Gasteiger partial charge in [0, 0.05) is 13.1 Å². The standard InChI is InChI=1S/C12H20BrN3O/c1-4-9(5-2)7-16(6-3)11-10(13)12(17)15-8-14-11/h8-9H,4-7H2,1-3H3,(H,14,15,17). The Morgan fingerprint density at radius 2 is 2.06 bits per heavy atom. The monoisotopic (exact) mass is 301 g/mol. The van der Waals surface area contributed by atoms with Crippen LogP contribution in [-0.4, -0.2) is 23.1 Å². The van der Waals surface area contributed by atoms with Crippen molar-refractivity contribution in [2.45, 2.75) is 33.6 Å². The Kier molecular flexibility index (Phi) is 5.68. The van der Waals surface area contributed by atoms with E-state index in [-0.39, 0.29) is 5.56 Å². The molecule has 0 atom stereocenters.